The van der Waals surface area contributed by atoms with Gasteiger partial charge in [0, 0.05) is 49.8 Å². The zero-order chi connectivity index (χ0) is 21.0. The fraction of sp³-hybridized carbons (Fsp3) is 0.423. The molecule has 5 heteroatoms. The van der Waals surface area contributed by atoms with Gasteiger partial charge >= 0.3 is 0 Å². The molecule has 1 amide bonds. The normalized spacial score (nSPS) is 23.4. The van der Waals surface area contributed by atoms with Crippen LogP contribution in [0.4, 0.5) is 5.69 Å². The van der Waals surface area contributed by atoms with E-state index in [1.807, 2.05) is 17.2 Å². The predicted molar refractivity (Wildman–Crippen MR) is 125 cm³/mol. The summed E-state index contributed by atoms with van der Waals surface area (Å²) in [6.07, 6.45) is 12.7. The first kappa shape index (κ1) is 20.0. The number of benzene rings is 1. The number of aromatic nitrogens is 1. The summed E-state index contributed by atoms with van der Waals surface area (Å²) in [5.74, 6) is 0.686. The van der Waals surface area contributed by atoms with Crippen LogP contribution >= 0.6 is 0 Å². The van der Waals surface area contributed by atoms with Gasteiger partial charge in [-0.25, -0.2) is 0 Å². The van der Waals surface area contributed by atoms with Crippen molar-refractivity contribution >= 4 is 23.9 Å². The molecule has 2 aliphatic heterocycles. The zero-order valence-electron chi connectivity index (χ0n) is 18.0. The lowest BCUT2D eigenvalue weighted by Gasteiger charge is -2.30. The number of carbonyl (C=O) groups excluding carboxylic acids is 1. The summed E-state index contributed by atoms with van der Waals surface area (Å²) in [4.78, 5) is 25.1. The highest BCUT2D eigenvalue weighted by Crippen LogP contribution is 2.37. The molecule has 5 nitrogen and oxygen atoms in total. The average Bonchev–Trinajstić information content (AvgIpc) is 3.67. The number of anilines is 1. The molecule has 31 heavy (non-hydrogen) atoms. The summed E-state index contributed by atoms with van der Waals surface area (Å²) in [6, 6.07) is 13.3. The Labute approximate surface area is 184 Å². The minimum absolute atomic E-state index is 0.363. The molecular formula is C26H30N4O. The molecule has 1 aliphatic carbocycles. The van der Waals surface area contributed by atoms with E-state index in [1.54, 1.807) is 6.20 Å². The Hall–Kier alpha value is -2.95. The maximum absolute atomic E-state index is 11.5. The lowest BCUT2D eigenvalue weighted by Crippen LogP contribution is -2.42. The number of pyridine rings is 1. The number of hydrogen-bond donors (Lipinski definition) is 0. The van der Waals surface area contributed by atoms with Crippen molar-refractivity contribution < 1.29 is 4.79 Å². The van der Waals surface area contributed by atoms with Gasteiger partial charge in [-0.15, -0.1) is 0 Å². The van der Waals surface area contributed by atoms with Gasteiger partial charge in [-0.1, -0.05) is 12.1 Å². The van der Waals surface area contributed by atoms with Gasteiger partial charge in [0.05, 0.1) is 11.8 Å². The van der Waals surface area contributed by atoms with Gasteiger partial charge in [-0.05, 0) is 79.5 Å². The third-order valence-electron chi connectivity index (χ3n) is 6.69. The maximum atomic E-state index is 11.5. The summed E-state index contributed by atoms with van der Waals surface area (Å²) < 4.78 is 0. The second-order valence-electron chi connectivity index (χ2n) is 8.88. The third kappa shape index (κ3) is 4.55. The molecule has 160 valence electrons. The van der Waals surface area contributed by atoms with Crippen LogP contribution in [0.5, 0.6) is 0 Å². The lowest BCUT2D eigenvalue weighted by atomic mass is 9.95. The Balaban J connectivity index is 1.34. The largest absolute Gasteiger partial charge is 0.369 e. The lowest BCUT2D eigenvalue weighted by molar-refractivity contribution is -0.120. The van der Waals surface area contributed by atoms with E-state index >= 15 is 0 Å². The summed E-state index contributed by atoms with van der Waals surface area (Å²) in [5.41, 5.74) is 5.93. The first-order chi connectivity index (χ1) is 15.3. The van der Waals surface area contributed by atoms with Crippen molar-refractivity contribution in [2.24, 2.45) is 10.9 Å². The van der Waals surface area contributed by atoms with Gasteiger partial charge in [0.1, 0.15) is 0 Å². The fourth-order valence-corrected chi connectivity index (χ4v) is 4.88. The monoisotopic (exact) mass is 414 g/mol. The molecule has 1 saturated heterocycles. The van der Waals surface area contributed by atoms with Gasteiger partial charge in [-0.2, -0.15) is 0 Å². The van der Waals surface area contributed by atoms with E-state index in [0.29, 0.717) is 12.0 Å². The quantitative estimate of drug-likeness (QED) is 0.689. The second-order valence-corrected chi connectivity index (χ2v) is 8.88. The molecule has 1 unspecified atom stereocenters. The molecule has 0 spiro atoms. The Bertz CT molecular complexity index is 963. The molecule has 0 bridgehead atoms. The van der Waals surface area contributed by atoms with Crippen molar-refractivity contribution in [3.8, 4) is 0 Å². The van der Waals surface area contributed by atoms with E-state index in [0.717, 1.165) is 63.1 Å². The summed E-state index contributed by atoms with van der Waals surface area (Å²) in [5, 5.41) is 0. The first-order valence-electron chi connectivity index (χ1n) is 11.5. The Morgan fingerprint density at radius 1 is 1.03 bits per heavy atom. The predicted octanol–water partition coefficient (Wildman–Crippen LogP) is 4.20. The molecule has 3 aliphatic rings. The third-order valence-corrected chi connectivity index (χ3v) is 6.69. The number of rotatable bonds is 5. The average molecular weight is 415 g/mol. The van der Waals surface area contributed by atoms with E-state index in [4.69, 9.17) is 4.99 Å². The van der Waals surface area contributed by atoms with Crippen molar-refractivity contribution in [2.75, 3.05) is 31.1 Å². The number of amides is 1. The minimum Gasteiger partial charge on any atom is -0.369 e. The SMILES string of the molecule is O=CN1CCCN(c2ccc(C=C3CCCN=C3c3cccnc3)cc2)CC1C1CC1. The van der Waals surface area contributed by atoms with Crippen LogP contribution in [0.15, 0.2) is 59.4 Å². The van der Waals surface area contributed by atoms with E-state index in [9.17, 15) is 4.79 Å². The highest BCUT2D eigenvalue weighted by molar-refractivity contribution is 6.15. The standard InChI is InChI=1S/C26H30N4O/c31-19-30-15-3-14-29(18-25(30)21-8-9-21)24-10-6-20(7-11-24)16-22-4-2-13-28-26(22)23-5-1-12-27-17-23/h1,5-7,10-12,16-17,19,21,25H,2-4,8-9,13-15,18H2. The van der Waals surface area contributed by atoms with Gasteiger partial charge in [-0.3, -0.25) is 14.8 Å². The van der Waals surface area contributed by atoms with Crippen molar-refractivity contribution in [1.82, 2.24) is 9.88 Å². The highest BCUT2D eigenvalue weighted by Gasteiger charge is 2.37. The zero-order valence-corrected chi connectivity index (χ0v) is 18.0. The topological polar surface area (TPSA) is 48.8 Å². The van der Waals surface area contributed by atoms with E-state index in [1.165, 1.54) is 29.7 Å². The first-order valence-corrected chi connectivity index (χ1v) is 11.5. The number of hydrogen-bond acceptors (Lipinski definition) is 4. The molecule has 2 fully saturated rings. The highest BCUT2D eigenvalue weighted by atomic mass is 16.1. The molecule has 1 atom stereocenters. The molecule has 1 aromatic carbocycles. The second kappa shape index (κ2) is 9.04. The molecule has 2 aromatic rings. The number of aliphatic imine (C=N–C) groups is 1. The van der Waals surface area contributed by atoms with Crippen LogP contribution in [0.2, 0.25) is 0 Å². The van der Waals surface area contributed by atoms with E-state index in [2.05, 4.69) is 46.3 Å². The van der Waals surface area contributed by atoms with Crippen LogP contribution in [-0.2, 0) is 4.79 Å². The van der Waals surface area contributed by atoms with Crippen molar-refractivity contribution in [3.05, 3.63) is 65.5 Å². The maximum Gasteiger partial charge on any atom is 0.210 e. The van der Waals surface area contributed by atoms with Gasteiger partial charge in [0.15, 0.2) is 0 Å². The Morgan fingerprint density at radius 2 is 1.90 bits per heavy atom. The molecule has 1 saturated carbocycles. The fourth-order valence-electron chi connectivity index (χ4n) is 4.88. The Kier molecular flexibility index (Phi) is 5.83. The van der Waals surface area contributed by atoms with Crippen LogP contribution in [0, 0.1) is 5.92 Å². The molecule has 1 aromatic heterocycles. The van der Waals surface area contributed by atoms with Gasteiger partial charge in [0.25, 0.3) is 0 Å². The molecule has 5 rings (SSSR count). The van der Waals surface area contributed by atoms with Crippen LogP contribution in [-0.4, -0.2) is 54.2 Å². The van der Waals surface area contributed by atoms with Crippen molar-refractivity contribution in [3.63, 3.8) is 0 Å². The summed E-state index contributed by atoms with van der Waals surface area (Å²) >= 11 is 0. The van der Waals surface area contributed by atoms with Crippen LogP contribution in [0.1, 0.15) is 43.2 Å². The molecule has 3 heterocycles. The smallest absolute Gasteiger partial charge is 0.210 e. The summed E-state index contributed by atoms with van der Waals surface area (Å²) in [7, 11) is 0. The van der Waals surface area contributed by atoms with E-state index < -0.39 is 0 Å². The Morgan fingerprint density at radius 3 is 2.65 bits per heavy atom. The van der Waals surface area contributed by atoms with Crippen LogP contribution < -0.4 is 4.90 Å². The molecule has 0 N–H and O–H groups in total. The van der Waals surface area contributed by atoms with Gasteiger partial charge in [0.2, 0.25) is 6.41 Å². The van der Waals surface area contributed by atoms with Crippen molar-refractivity contribution in [1.29, 1.82) is 0 Å². The van der Waals surface area contributed by atoms with Gasteiger partial charge < -0.3 is 9.80 Å². The number of nitrogens with zero attached hydrogens (tertiary/aromatic N) is 4. The summed E-state index contributed by atoms with van der Waals surface area (Å²) in [6.45, 7) is 3.71. The van der Waals surface area contributed by atoms with Crippen LogP contribution in [0.3, 0.4) is 0 Å². The number of allylic oxidation sites excluding steroid dienone is 1. The molecule has 0 radical (unpaired) electrons. The number of carbonyl (C=O) groups is 1. The minimum atomic E-state index is 0.363. The van der Waals surface area contributed by atoms with E-state index in [-0.39, 0.29) is 0 Å². The van der Waals surface area contributed by atoms with Crippen LogP contribution in [0.25, 0.3) is 6.08 Å². The molecular weight excluding hydrogens is 384 g/mol. The van der Waals surface area contributed by atoms with Crippen molar-refractivity contribution in [2.45, 2.75) is 38.1 Å².